The first-order valence-electron chi connectivity index (χ1n) is 26.4. The molecule has 0 radical (unpaired) electrons. The zero-order chi connectivity index (χ0) is 60.3. The third-order valence-electron chi connectivity index (χ3n) is 13.2. The number of rotatable bonds is 23. The molecule has 0 bridgehead atoms. The first-order valence-corrected chi connectivity index (χ1v) is 36.8. The van der Waals surface area contributed by atoms with E-state index in [9.17, 15) is 36.9 Å². The van der Waals surface area contributed by atoms with E-state index in [0.717, 1.165) is 11.1 Å². The lowest BCUT2D eigenvalue weighted by Gasteiger charge is -2.36. The van der Waals surface area contributed by atoms with Gasteiger partial charge < -0.3 is 46.8 Å². The highest BCUT2D eigenvalue weighted by molar-refractivity contribution is 7.54. The van der Waals surface area contributed by atoms with Gasteiger partial charge in [-0.1, -0.05) is 94.0 Å². The van der Waals surface area contributed by atoms with Crippen molar-refractivity contribution in [3.05, 3.63) is 127 Å². The van der Waals surface area contributed by atoms with E-state index in [0.29, 0.717) is 43.1 Å². The smallest absolute Gasteiger partial charge is 0.341 e. The monoisotopic (exact) mass is 1200 g/mol. The summed E-state index contributed by atoms with van der Waals surface area (Å²) in [5.74, 6) is -2.44. The standard InChI is InChI=1S/2C18H27FO3Si.C14H21FO2Si.C8H17O5P.CH4.CH3.2H/c2*1-7-21-17(20)12-15(14-8-10-16(19)11-9-14)13-22-23(5,6)18(2,3)4;1-14(2,3)18(4,5)17-10-13(16)11-6-8-12(15)9-7-11;1-4-11-8(9)7-14(10,12-5-2)13-6-3;;;;/h2*8-12H,7,13H2,1-6H3;6-9H,10H2,1-5H3;4-7H2,1-3H3;1H4;1H3;;/q;;;;;3*-1/b15-12+;15-12-;;;;;;/i;;;;;;2*1+1. The molecule has 0 fully saturated rings. The van der Waals surface area contributed by atoms with Crippen LogP contribution in [0.2, 0.25) is 54.4 Å². The molecule has 0 saturated heterocycles. The Kier molecular flexibility index (Phi) is 37.0. The maximum atomic E-state index is 13.1. The van der Waals surface area contributed by atoms with Crippen molar-refractivity contribution < 1.29 is 76.3 Å². The normalized spacial score (nSPS) is 12.3. The van der Waals surface area contributed by atoms with Crippen molar-refractivity contribution in [2.45, 2.75) is 159 Å². The molecular weight excluding hydrogens is 1100 g/mol. The number of halogens is 3. The van der Waals surface area contributed by atoms with Gasteiger partial charge in [0.15, 0.2) is 30.7 Å². The van der Waals surface area contributed by atoms with Crippen LogP contribution in [0.5, 0.6) is 0 Å². The van der Waals surface area contributed by atoms with Gasteiger partial charge in [0, 0.05) is 17.7 Å². The van der Waals surface area contributed by atoms with Gasteiger partial charge in [-0.05, 0) is 160 Å². The van der Waals surface area contributed by atoms with Crippen molar-refractivity contribution in [1.82, 2.24) is 0 Å². The highest BCUT2D eigenvalue weighted by Crippen LogP contribution is 2.48. The Morgan fingerprint density at radius 3 is 1.01 bits per heavy atom. The largest absolute Gasteiger partial charge is 1.00 e. The molecule has 0 aromatic heterocycles. The molecule has 80 heavy (non-hydrogen) atoms. The van der Waals surface area contributed by atoms with Crippen LogP contribution in [-0.4, -0.2) is 108 Å². The van der Waals surface area contributed by atoms with Gasteiger partial charge in [0.25, 0.3) is 0 Å². The fourth-order valence-electron chi connectivity index (χ4n) is 5.41. The molecule has 460 valence electrons. The summed E-state index contributed by atoms with van der Waals surface area (Å²) in [6.45, 7) is 42.8. The fourth-order valence-corrected chi connectivity index (χ4v) is 9.69. The van der Waals surface area contributed by atoms with Crippen molar-refractivity contribution in [1.29, 1.82) is 0 Å². The summed E-state index contributed by atoms with van der Waals surface area (Å²) in [5, 5.41) is 0.228. The summed E-state index contributed by atoms with van der Waals surface area (Å²) in [4.78, 5) is 46.6. The van der Waals surface area contributed by atoms with Crippen molar-refractivity contribution in [3.63, 3.8) is 0 Å². The van der Waals surface area contributed by atoms with E-state index in [1.165, 1.54) is 60.7 Å². The first kappa shape index (κ1) is 79.9. The van der Waals surface area contributed by atoms with Gasteiger partial charge in [-0.15, -0.1) is 0 Å². The van der Waals surface area contributed by atoms with E-state index in [-0.39, 0.29) is 88.6 Å². The molecule has 3 aromatic rings. The Balaban J connectivity index is -0.000000321. The van der Waals surface area contributed by atoms with Crippen LogP contribution in [0.15, 0.2) is 84.9 Å². The van der Waals surface area contributed by atoms with Crippen molar-refractivity contribution in [2.75, 3.05) is 59.0 Å². The summed E-state index contributed by atoms with van der Waals surface area (Å²) >= 11 is 0. The second-order valence-electron chi connectivity index (χ2n) is 22.3. The molecular formula is C60H101F3O13PSi3-3. The van der Waals surface area contributed by atoms with Crippen molar-refractivity contribution in [2.24, 2.45) is 0 Å². The Morgan fingerprint density at radius 1 is 0.475 bits per heavy atom. The number of ketones is 1. The number of hydrogen-bond acceptors (Lipinski definition) is 13. The first-order chi connectivity index (χ1) is 35.8. The van der Waals surface area contributed by atoms with Gasteiger partial charge in [0.2, 0.25) is 0 Å². The van der Waals surface area contributed by atoms with E-state index in [2.05, 4.69) is 106 Å². The topological polar surface area (TPSA) is 159 Å². The third kappa shape index (κ3) is 30.7. The summed E-state index contributed by atoms with van der Waals surface area (Å²) in [7, 11) is -9.08. The molecule has 0 N–H and O–H groups in total. The minimum Gasteiger partial charge on any atom is -1.00 e. The van der Waals surface area contributed by atoms with Crippen molar-refractivity contribution >= 4 is 67.4 Å². The Hall–Kier alpha value is -4.31. The van der Waals surface area contributed by atoms with Crippen LogP contribution in [0.25, 0.3) is 11.1 Å². The second-order valence-corrected chi connectivity index (χ2v) is 38.8. The number of benzene rings is 3. The summed E-state index contributed by atoms with van der Waals surface area (Å²) in [6, 6.07) is 17.7. The zero-order valence-electron chi connectivity index (χ0n) is 53.3. The Labute approximate surface area is 486 Å². The molecule has 0 amide bonds. The maximum Gasteiger partial charge on any atom is 0.341 e. The molecule has 0 aliphatic carbocycles. The maximum absolute atomic E-state index is 13.1. The predicted octanol–water partition coefficient (Wildman–Crippen LogP) is 16.7. The highest BCUT2D eigenvalue weighted by Gasteiger charge is 2.39. The van der Waals surface area contributed by atoms with Gasteiger partial charge in [-0.2, -0.15) is 0 Å². The highest BCUT2D eigenvalue weighted by atomic mass is 31.2. The molecule has 3 aromatic carbocycles. The lowest BCUT2D eigenvalue weighted by Crippen LogP contribution is -2.42. The molecule has 0 aliphatic heterocycles. The van der Waals surface area contributed by atoms with Gasteiger partial charge in [0.05, 0.1) is 52.9 Å². The van der Waals surface area contributed by atoms with Crippen LogP contribution < -0.4 is 0 Å². The van der Waals surface area contributed by atoms with Crippen LogP contribution in [0.4, 0.5) is 13.2 Å². The van der Waals surface area contributed by atoms with Gasteiger partial charge in [-0.25, -0.2) is 22.8 Å². The molecule has 0 spiro atoms. The number of ether oxygens (including phenoxy) is 3. The minimum atomic E-state index is -3.28. The lowest BCUT2D eigenvalue weighted by molar-refractivity contribution is -0.140. The Bertz CT molecular complexity index is 2310. The Morgan fingerprint density at radius 2 is 0.750 bits per heavy atom. The van der Waals surface area contributed by atoms with Gasteiger partial charge >= 0.3 is 25.5 Å². The van der Waals surface area contributed by atoms with E-state index < -0.39 is 50.5 Å². The van der Waals surface area contributed by atoms with E-state index in [1.807, 2.05) is 0 Å². The molecule has 20 heteroatoms. The summed E-state index contributed by atoms with van der Waals surface area (Å²) in [6.07, 6.45) is 2.55. The molecule has 13 nitrogen and oxygen atoms in total. The third-order valence-corrected chi connectivity index (χ3v) is 28.6. The minimum absolute atomic E-state index is 0. The van der Waals surface area contributed by atoms with E-state index in [1.54, 1.807) is 58.9 Å². The molecule has 0 saturated carbocycles. The van der Waals surface area contributed by atoms with E-state index >= 15 is 0 Å². The van der Waals surface area contributed by atoms with Crippen molar-refractivity contribution in [3.8, 4) is 0 Å². The quantitative estimate of drug-likeness (QED) is 0.0168. The van der Waals surface area contributed by atoms with Crippen LogP contribution in [-0.2, 0) is 55.5 Å². The van der Waals surface area contributed by atoms with Gasteiger partial charge in [0.1, 0.15) is 23.6 Å². The zero-order valence-corrected chi connectivity index (χ0v) is 55.2. The lowest BCUT2D eigenvalue weighted by atomic mass is 10.1. The molecule has 3 rings (SSSR count). The number of carbonyl (C=O) groups excluding carboxylic acids is 4. The summed E-state index contributed by atoms with van der Waals surface area (Å²) in [5.41, 5.74) is 3.42. The number of carbonyl (C=O) groups is 4. The molecule has 0 unspecified atom stereocenters. The summed E-state index contributed by atoms with van der Waals surface area (Å²) < 4.78 is 93.4. The fraction of sp³-hybridized carbons (Fsp3) is 0.550. The van der Waals surface area contributed by atoms with Crippen LogP contribution in [0.1, 0.15) is 129 Å². The molecule has 0 aliphatic rings. The SMILES string of the molecule is C.CC(C)(C)[Si](C)(C)OCC(=O)c1ccc(F)cc1.CCOC(=O)/C=C(/CO[Si](C)(C)C(C)(C)C)c1ccc(F)cc1.CCOC(=O)/C=C(\CO[Si](C)(C)C(C)(C)C)c1ccc(F)cc1.CCOC(=O)CP(=O)(OCC)OCC.[2H-].[2H-].[CH3-]. The van der Waals surface area contributed by atoms with Crippen LogP contribution in [0, 0.1) is 24.9 Å². The van der Waals surface area contributed by atoms with E-state index in [4.69, 9.17) is 31.8 Å². The molecule has 0 heterocycles. The number of Topliss-reactive ketones (excluding diaryl/α,β-unsaturated/α-hetero) is 1. The molecule has 0 atom stereocenters. The predicted molar refractivity (Wildman–Crippen MR) is 330 cm³/mol. The number of hydrogen-bond donors (Lipinski definition) is 0. The average Bonchev–Trinajstić information content (AvgIpc) is 3.31. The second kappa shape index (κ2) is 37.0. The van der Waals surface area contributed by atoms with Crippen LogP contribution in [0.3, 0.4) is 0 Å². The van der Waals surface area contributed by atoms with Gasteiger partial charge in [-0.3, -0.25) is 14.2 Å². The number of esters is 3. The van der Waals surface area contributed by atoms with Crippen LogP contribution >= 0.6 is 7.60 Å². The average molecular weight is 1200 g/mol.